The van der Waals surface area contributed by atoms with Crippen LogP contribution in [-0.2, 0) is 5.41 Å². The first-order valence-corrected chi connectivity index (χ1v) is 11.6. The third-order valence-electron chi connectivity index (χ3n) is 7.16. The second kappa shape index (κ2) is 9.87. The minimum Gasteiger partial charge on any atom is -0.507 e. The van der Waals surface area contributed by atoms with Crippen molar-refractivity contribution < 1.29 is 15.3 Å². The second-order valence-electron chi connectivity index (χ2n) is 9.34. The van der Waals surface area contributed by atoms with Crippen LogP contribution in [0.25, 0.3) is 0 Å². The number of hydrogen-bond acceptors (Lipinski definition) is 3. The van der Waals surface area contributed by atoms with E-state index in [0.29, 0.717) is 5.56 Å². The normalized spacial score (nSPS) is 23.6. The zero-order valence-corrected chi connectivity index (χ0v) is 18.7. The molecule has 3 heteroatoms. The molecule has 0 aliphatic heterocycles. The number of aromatic hydroxyl groups is 2. The van der Waals surface area contributed by atoms with Crippen LogP contribution in [0.2, 0.25) is 0 Å². The summed E-state index contributed by atoms with van der Waals surface area (Å²) in [5.74, 6) is 0.305. The Morgan fingerprint density at radius 2 is 1.87 bits per heavy atom. The summed E-state index contributed by atoms with van der Waals surface area (Å²) in [7, 11) is 0. The first-order chi connectivity index (χ1) is 14.4. The monoisotopic (exact) mass is 410 g/mol. The van der Waals surface area contributed by atoms with Crippen LogP contribution in [0.15, 0.2) is 48.1 Å². The molecule has 0 aromatic heterocycles. The van der Waals surface area contributed by atoms with Crippen LogP contribution in [0.1, 0.15) is 88.7 Å². The van der Waals surface area contributed by atoms with E-state index in [1.54, 1.807) is 0 Å². The van der Waals surface area contributed by atoms with Crippen molar-refractivity contribution in [3.05, 3.63) is 59.2 Å². The lowest BCUT2D eigenvalue weighted by Gasteiger charge is -2.33. The summed E-state index contributed by atoms with van der Waals surface area (Å²) < 4.78 is 0. The Hall–Kier alpha value is -2.00. The van der Waals surface area contributed by atoms with E-state index >= 15 is 0 Å². The largest absolute Gasteiger partial charge is 0.507 e. The Morgan fingerprint density at radius 1 is 1.20 bits per heavy atom. The third-order valence-corrected chi connectivity index (χ3v) is 7.16. The van der Waals surface area contributed by atoms with E-state index in [4.69, 9.17) is 0 Å². The number of phenols is 2. The molecule has 1 aromatic rings. The van der Waals surface area contributed by atoms with E-state index in [1.165, 1.54) is 25.7 Å². The number of allylic oxidation sites excluding steroid dienone is 4. The lowest BCUT2D eigenvalue weighted by molar-refractivity contribution is 0.314. The number of phenolic OH excluding ortho intramolecular Hbond substituents is 2. The molecule has 3 N–H and O–H groups in total. The van der Waals surface area contributed by atoms with Gasteiger partial charge in [-0.05, 0) is 68.2 Å². The van der Waals surface area contributed by atoms with Crippen LogP contribution in [-0.4, -0.2) is 21.9 Å². The van der Waals surface area contributed by atoms with Crippen LogP contribution >= 0.6 is 0 Å². The zero-order chi connectivity index (χ0) is 21.7. The fourth-order valence-corrected chi connectivity index (χ4v) is 5.38. The van der Waals surface area contributed by atoms with Crippen molar-refractivity contribution in [2.45, 2.75) is 83.0 Å². The number of unbranched alkanes of at least 4 members (excludes halogenated alkanes) is 2. The molecule has 2 unspecified atom stereocenters. The fraction of sp³-hybridized carbons (Fsp3) is 0.556. The van der Waals surface area contributed by atoms with Gasteiger partial charge in [0, 0.05) is 16.9 Å². The topological polar surface area (TPSA) is 60.7 Å². The smallest absolute Gasteiger partial charge is 0.123 e. The molecule has 3 rings (SSSR count). The van der Waals surface area contributed by atoms with Gasteiger partial charge >= 0.3 is 0 Å². The fourth-order valence-electron chi connectivity index (χ4n) is 5.38. The molecule has 1 saturated carbocycles. The van der Waals surface area contributed by atoms with Crippen LogP contribution in [0.4, 0.5) is 0 Å². The van der Waals surface area contributed by atoms with E-state index in [9.17, 15) is 15.3 Å². The summed E-state index contributed by atoms with van der Waals surface area (Å²) in [5.41, 5.74) is 3.50. The van der Waals surface area contributed by atoms with E-state index in [-0.39, 0.29) is 35.4 Å². The number of benzene rings is 1. The molecule has 164 valence electrons. The molecule has 3 nitrogen and oxygen atoms in total. The van der Waals surface area contributed by atoms with Crippen molar-refractivity contribution >= 4 is 0 Å². The average Bonchev–Trinajstić information content (AvgIpc) is 3.20. The van der Waals surface area contributed by atoms with Gasteiger partial charge in [-0.25, -0.2) is 0 Å². The Labute approximate surface area is 181 Å². The molecule has 0 heterocycles. The Kier molecular flexibility index (Phi) is 7.46. The van der Waals surface area contributed by atoms with Crippen LogP contribution in [0, 0.1) is 5.92 Å². The summed E-state index contributed by atoms with van der Waals surface area (Å²) >= 11 is 0. The first-order valence-electron chi connectivity index (χ1n) is 11.6. The van der Waals surface area contributed by atoms with Gasteiger partial charge in [-0.15, -0.1) is 0 Å². The lowest BCUT2D eigenvalue weighted by Crippen LogP contribution is -2.21. The molecule has 1 aromatic carbocycles. The van der Waals surface area contributed by atoms with Gasteiger partial charge in [0.05, 0.1) is 6.61 Å². The SMILES string of the molecule is C=C(C)C1CCC(CO)=CC1c1c(O)cc(C2(C=CCCCC)CCCC2)cc1O. The van der Waals surface area contributed by atoms with Gasteiger partial charge in [0.1, 0.15) is 11.5 Å². The molecule has 0 spiro atoms. The molecule has 2 atom stereocenters. The average molecular weight is 411 g/mol. The first kappa shape index (κ1) is 22.7. The summed E-state index contributed by atoms with van der Waals surface area (Å²) in [4.78, 5) is 0. The third kappa shape index (κ3) is 4.67. The standard InChI is InChI=1S/C27H38O3/c1-4-5-6-7-12-27(13-8-9-14-27)21-16-24(29)26(25(30)17-21)23-15-20(18-28)10-11-22(23)19(2)3/h7,12,15-17,22-23,28-30H,2,4-6,8-11,13-14,18H2,1,3H3. The molecular weight excluding hydrogens is 372 g/mol. The van der Waals surface area contributed by atoms with Gasteiger partial charge in [-0.2, -0.15) is 0 Å². The van der Waals surface area contributed by atoms with Gasteiger partial charge in [-0.3, -0.25) is 0 Å². The highest BCUT2D eigenvalue weighted by Crippen LogP contribution is 2.50. The number of aliphatic hydroxyl groups excluding tert-OH is 1. The molecule has 0 bridgehead atoms. The minimum absolute atomic E-state index is 0.0185. The highest BCUT2D eigenvalue weighted by atomic mass is 16.3. The predicted octanol–water partition coefficient (Wildman–Crippen LogP) is 6.64. The van der Waals surface area contributed by atoms with E-state index < -0.39 is 0 Å². The molecular formula is C27H38O3. The molecule has 0 amide bonds. The summed E-state index contributed by atoms with van der Waals surface area (Å²) in [6.45, 7) is 8.37. The second-order valence-corrected chi connectivity index (χ2v) is 9.34. The summed E-state index contributed by atoms with van der Waals surface area (Å²) in [5, 5.41) is 31.8. The maximum atomic E-state index is 11.1. The summed E-state index contributed by atoms with van der Waals surface area (Å²) in [6, 6.07) is 3.75. The van der Waals surface area contributed by atoms with Gasteiger partial charge in [0.2, 0.25) is 0 Å². The maximum absolute atomic E-state index is 11.1. The lowest BCUT2D eigenvalue weighted by atomic mass is 9.72. The predicted molar refractivity (Wildman–Crippen MR) is 124 cm³/mol. The number of aliphatic hydroxyl groups is 1. The Bertz CT molecular complexity index is 788. The number of rotatable bonds is 8. The van der Waals surface area contributed by atoms with Gasteiger partial charge in [0.15, 0.2) is 0 Å². The molecule has 2 aliphatic carbocycles. The van der Waals surface area contributed by atoms with E-state index in [0.717, 1.165) is 48.8 Å². The quantitative estimate of drug-likeness (QED) is 0.332. The van der Waals surface area contributed by atoms with Gasteiger partial charge in [0.25, 0.3) is 0 Å². The summed E-state index contributed by atoms with van der Waals surface area (Å²) in [6.07, 6.45) is 16.2. The van der Waals surface area contributed by atoms with Crippen molar-refractivity contribution in [2.24, 2.45) is 5.92 Å². The van der Waals surface area contributed by atoms with Gasteiger partial charge in [-0.1, -0.05) is 63.0 Å². The maximum Gasteiger partial charge on any atom is 0.123 e. The van der Waals surface area contributed by atoms with Gasteiger partial charge < -0.3 is 15.3 Å². The van der Waals surface area contributed by atoms with Crippen LogP contribution in [0.5, 0.6) is 11.5 Å². The molecule has 2 aliphatic rings. The molecule has 1 fully saturated rings. The van der Waals surface area contributed by atoms with Crippen molar-refractivity contribution in [3.63, 3.8) is 0 Å². The van der Waals surface area contributed by atoms with Crippen molar-refractivity contribution in [1.29, 1.82) is 0 Å². The van der Waals surface area contributed by atoms with E-state index in [2.05, 4.69) is 25.7 Å². The van der Waals surface area contributed by atoms with Crippen molar-refractivity contribution in [2.75, 3.05) is 6.61 Å². The minimum atomic E-state index is -0.160. The zero-order valence-electron chi connectivity index (χ0n) is 18.7. The van der Waals surface area contributed by atoms with Crippen LogP contribution in [0.3, 0.4) is 0 Å². The molecule has 30 heavy (non-hydrogen) atoms. The Balaban J connectivity index is 2.00. The Morgan fingerprint density at radius 3 is 2.43 bits per heavy atom. The van der Waals surface area contributed by atoms with Crippen LogP contribution < -0.4 is 0 Å². The highest BCUT2D eigenvalue weighted by Gasteiger charge is 2.36. The van der Waals surface area contributed by atoms with Crippen molar-refractivity contribution in [3.8, 4) is 11.5 Å². The highest BCUT2D eigenvalue weighted by molar-refractivity contribution is 5.54. The number of hydrogen-bond donors (Lipinski definition) is 3. The molecule has 0 saturated heterocycles. The van der Waals surface area contributed by atoms with E-state index in [1.807, 2.05) is 25.1 Å². The van der Waals surface area contributed by atoms with Crippen molar-refractivity contribution in [1.82, 2.24) is 0 Å². The molecule has 0 radical (unpaired) electrons.